The summed E-state index contributed by atoms with van der Waals surface area (Å²) in [6, 6.07) is 7.63. The fourth-order valence-corrected chi connectivity index (χ4v) is 1.82. The number of hydrogen-bond donors (Lipinski definition) is 2. The van der Waals surface area contributed by atoms with Gasteiger partial charge in [-0.2, -0.15) is 0 Å². The quantitative estimate of drug-likeness (QED) is 0.819. The first-order valence-corrected chi connectivity index (χ1v) is 7.16. The Kier molecular flexibility index (Phi) is 5.70. The summed E-state index contributed by atoms with van der Waals surface area (Å²) in [7, 11) is 0. The van der Waals surface area contributed by atoms with Crippen LogP contribution in [0, 0.1) is 0 Å². The molecular weight excluding hydrogens is 264 g/mol. The zero-order valence-electron chi connectivity index (χ0n) is 12.2. The van der Waals surface area contributed by atoms with Gasteiger partial charge in [0.2, 0.25) is 5.91 Å². The summed E-state index contributed by atoms with van der Waals surface area (Å²) in [5, 5.41) is 6.06. The number of unbranched alkanes of at least 4 members (excludes halogenated alkanes) is 1. The third-order valence-corrected chi connectivity index (χ3v) is 3.03. The van der Waals surface area contributed by atoms with Crippen molar-refractivity contribution in [3.63, 3.8) is 0 Å². The van der Waals surface area contributed by atoms with Crippen molar-refractivity contribution in [1.29, 1.82) is 0 Å². The molecule has 110 valence electrons. The maximum Gasteiger partial charge on any atom is 0.225 e. The van der Waals surface area contributed by atoms with Gasteiger partial charge in [-0.25, -0.2) is 4.98 Å². The zero-order chi connectivity index (χ0) is 14.9. The first-order valence-electron chi connectivity index (χ1n) is 7.16. The van der Waals surface area contributed by atoms with E-state index in [9.17, 15) is 4.79 Å². The fourth-order valence-electron chi connectivity index (χ4n) is 1.82. The summed E-state index contributed by atoms with van der Waals surface area (Å²) in [4.78, 5) is 19.8. The second kappa shape index (κ2) is 7.99. The predicted molar refractivity (Wildman–Crippen MR) is 84.0 cm³/mol. The van der Waals surface area contributed by atoms with E-state index in [0.717, 1.165) is 24.1 Å². The summed E-state index contributed by atoms with van der Waals surface area (Å²) < 4.78 is 0. The number of rotatable bonds is 7. The Labute approximate surface area is 124 Å². The third kappa shape index (κ3) is 5.22. The molecule has 0 spiro atoms. The molecule has 0 aliphatic rings. The van der Waals surface area contributed by atoms with Crippen LogP contribution in [0.5, 0.6) is 0 Å². The molecule has 2 heterocycles. The summed E-state index contributed by atoms with van der Waals surface area (Å²) in [6.45, 7) is 2.78. The molecule has 0 aliphatic heterocycles. The molecular formula is C16H20N4O. The molecule has 2 rings (SSSR count). The van der Waals surface area contributed by atoms with E-state index in [0.29, 0.717) is 18.8 Å². The molecule has 1 amide bonds. The molecule has 0 atom stereocenters. The Morgan fingerprint density at radius 3 is 2.67 bits per heavy atom. The Bertz CT molecular complexity index is 554. The second-order valence-electron chi connectivity index (χ2n) is 4.79. The van der Waals surface area contributed by atoms with Gasteiger partial charge in [0.1, 0.15) is 5.82 Å². The van der Waals surface area contributed by atoms with Crippen molar-refractivity contribution in [2.45, 2.75) is 32.7 Å². The molecule has 0 radical (unpaired) electrons. The van der Waals surface area contributed by atoms with E-state index in [1.165, 1.54) is 0 Å². The number of nitrogens with one attached hydrogen (secondary N) is 2. The predicted octanol–water partition coefficient (Wildman–Crippen LogP) is 3.22. The molecule has 0 aliphatic carbocycles. The fraction of sp³-hybridized carbons (Fsp3) is 0.312. The smallest absolute Gasteiger partial charge is 0.225 e. The third-order valence-electron chi connectivity index (χ3n) is 3.03. The lowest BCUT2D eigenvalue weighted by atomic mass is 10.2. The number of anilines is 2. The van der Waals surface area contributed by atoms with Crippen LogP contribution < -0.4 is 10.6 Å². The summed E-state index contributed by atoms with van der Waals surface area (Å²) >= 11 is 0. The van der Waals surface area contributed by atoms with Gasteiger partial charge in [-0.15, -0.1) is 0 Å². The molecule has 2 aromatic rings. The highest BCUT2D eigenvalue weighted by Gasteiger charge is 2.02. The topological polar surface area (TPSA) is 66.9 Å². The summed E-state index contributed by atoms with van der Waals surface area (Å²) in [6.07, 6.45) is 7.71. The van der Waals surface area contributed by atoms with Crippen LogP contribution in [0.3, 0.4) is 0 Å². The molecule has 0 saturated heterocycles. The zero-order valence-corrected chi connectivity index (χ0v) is 12.2. The second-order valence-corrected chi connectivity index (χ2v) is 4.79. The number of hydrogen-bond acceptors (Lipinski definition) is 4. The highest BCUT2D eigenvalue weighted by Crippen LogP contribution is 2.11. The van der Waals surface area contributed by atoms with Crippen molar-refractivity contribution in [3.8, 4) is 0 Å². The number of aromatic nitrogens is 2. The van der Waals surface area contributed by atoms with E-state index in [4.69, 9.17) is 0 Å². The SMILES string of the molecule is CCCCC(=O)Nc1ccc(NCc2ccncc2)cn1. The molecule has 0 fully saturated rings. The van der Waals surface area contributed by atoms with Crippen molar-refractivity contribution in [3.05, 3.63) is 48.4 Å². The minimum Gasteiger partial charge on any atom is -0.380 e. The molecule has 2 aromatic heterocycles. The molecule has 5 nitrogen and oxygen atoms in total. The van der Waals surface area contributed by atoms with Gasteiger partial charge in [0.15, 0.2) is 0 Å². The maximum absolute atomic E-state index is 11.6. The van der Waals surface area contributed by atoms with Gasteiger partial charge in [-0.3, -0.25) is 9.78 Å². The van der Waals surface area contributed by atoms with E-state index in [1.54, 1.807) is 24.7 Å². The molecule has 21 heavy (non-hydrogen) atoms. The van der Waals surface area contributed by atoms with Gasteiger partial charge in [-0.1, -0.05) is 13.3 Å². The van der Waals surface area contributed by atoms with Crippen LogP contribution >= 0.6 is 0 Å². The van der Waals surface area contributed by atoms with E-state index in [-0.39, 0.29) is 5.91 Å². The molecule has 5 heteroatoms. The molecule has 0 aromatic carbocycles. The lowest BCUT2D eigenvalue weighted by Gasteiger charge is -2.08. The van der Waals surface area contributed by atoms with Crippen molar-refractivity contribution < 1.29 is 4.79 Å². The van der Waals surface area contributed by atoms with Crippen LogP contribution in [0.4, 0.5) is 11.5 Å². The Balaban J connectivity index is 1.83. The van der Waals surface area contributed by atoms with Crippen molar-refractivity contribution in [2.24, 2.45) is 0 Å². The highest BCUT2D eigenvalue weighted by molar-refractivity contribution is 5.89. The Hall–Kier alpha value is -2.43. The number of carbonyl (C=O) groups is 1. The number of nitrogens with zero attached hydrogens (tertiary/aromatic N) is 2. The van der Waals surface area contributed by atoms with Crippen molar-refractivity contribution in [1.82, 2.24) is 9.97 Å². The van der Waals surface area contributed by atoms with Crippen molar-refractivity contribution >= 4 is 17.4 Å². The van der Waals surface area contributed by atoms with E-state index in [1.807, 2.05) is 18.2 Å². The van der Waals surface area contributed by atoms with Gasteiger partial charge in [0.05, 0.1) is 11.9 Å². The molecule has 2 N–H and O–H groups in total. The summed E-state index contributed by atoms with van der Waals surface area (Å²) in [5.41, 5.74) is 2.07. The average Bonchev–Trinajstić information content (AvgIpc) is 2.53. The minimum absolute atomic E-state index is 0.0156. The number of amides is 1. The van der Waals surface area contributed by atoms with E-state index in [2.05, 4.69) is 27.5 Å². The lowest BCUT2D eigenvalue weighted by molar-refractivity contribution is -0.116. The molecule has 0 bridgehead atoms. The van der Waals surface area contributed by atoms with Crippen LogP contribution in [0.2, 0.25) is 0 Å². The van der Waals surface area contributed by atoms with Crippen LogP contribution in [0.25, 0.3) is 0 Å². The summed E-state index contributed by atoms with van der Waals surface area (Å²) in [5.74, 6) is 0.604. The average molecular weight is 284 g/mol. The van der Waals surface area contributed by atoms with Gasteiger partial charge in [-0.05, 0) is 36.2 Å². The van der Waals surface area contributed by atoms with Gasteiger partial charge in [0, 0.05) is 25.4 Å². The number of carbonyl (C=O) groups excluding carboxylic acids is 1. The molecule has 0 unspecified atom stereocenters. The van der Waals surface area contributed by atoms with E-state index < -0.39 is 0 Å². The van der Waals surface area contributed by atoms with E-state index >= 15 is 0 Å². The first-order chi connectivity index (χ1) is 10.3. The van der Waals surface area contributed by atoms with Crippen LogP contribution in [-0.2, 0) is 11.3 Å². The van der Waals surface area contributed by atoms with Gasteiger partial charge < -0.3 is 10.6 Å². The van der Waals surface area contributed by atoms with Gasteiger partial charge >= 0.3 is 0 Å². The van der Waals surface area contributed by atoms with Crippen molar-refractivity contribution in [2.75, 3.05) is 10.6 Å². The maximum atomic E-state index is 11.6. The van der Waals surface area contributed by atoms with Crippen LogP contribution in [0.15, 0.2) is 42.9 Å². The standard InChI is InChI=1S/C16H20N4O/c1-2-3-4-16(21)20-15-6-5-14(12-19-15)18-11-13-7-9-17-10-8-13/h5-10,12,18H,2-4,11H2,1H3,(H,19,20,21). The monoisotopic (exact) mass is 284 g/mol. The Morgan fingerprint density at radius 2 is 2.00 bits per heavy atom. The Morgan fingerprint density at radius 1 is 1.19 bits per heavy atom. The number of pyridine rings is 2. The normalized spacial score (nSPS) is 10.1. The van der Waals surface area contributed by atoms with Crippen LogP contribution in [-0.4, -0.2) is 15.9 Å². The molecule has 0 saturated carbocycles. The minimum atomic E-state index is 0.0156. The lowest BCUT2D eigenvalue weighted by Crippen LogP contribution is -2.12. The highest BCUT2D eigenvalue weighted by atomic mass is 16.1. The van der Waals surface area contributed by atoms with Gasteiger partial charge in [0.25, 0.3) is 0 Å². The largest absolute Gasteiger partial charge is 0.380 e. The van der Waals surface area contributed by atoms with Crippen LogP contribution in [0.1, 0.15) is 31.7 Å². The first kappa shape index (κ1) is 15.0.